The fourth-order valence-electron chi connectivity index (χ4n) is 2.48. The van der Waals surface area contributed by atoms with Gasteiger partial charge in [-0.25, -0.2) is 0 Å². The summed E-state index contributed by atoms with van der Waals surface area (Å²) in [7, 11) is 1.30. The maximum atomic E-state index is 11.5. The van der Waals surface area contributed by atoms with Crippen LogP contribution in [0.4, 0.5) is 0 Å². The minimum Gasteiger partial charge on any atom is -0.483 e. The Bertz CT molecular complexity index is 515. The van der Waals surface area contributed by atoms with Crippen LogP contribution in [-0.4, -0.2) is 54.5 Å². The zero-order valence-electron chi connectivity index (χ0n) is 14.6. The smallest absolute Gasteiger partial charge is 0.306 e. The predicted molar refractivity (Wildman–Crippen MR) is 88.1 cm³/mol. The summed E-state index contributed by atoms with van der Waals surface area (Å²) in [6.07, 6.45) is 8.97. The zero-order chi connectivity index (χ0) is 18.7. The molecule has 8 nitrogen and oxygen atoms in total. The summed E-state index contributed by atoms with van der Waals surface area (Å²) < 4.78 is 15.5. The largest absolute Gasteiger partial charge is 0.483 e. The molecule has 2 heterocycles. The van der Waals surface area contributed by atoms with Crippen molar-refractivity contribution in [2.75, 3.05) is 13.7 Å². The molecule has 1 fully saturated rings. The molecule has 0 aliphatic carbocycles. The van der Waals surface area contributed by atoms with Gasteiger partial charge >= 0.3 is 11.9 Å². The zero-order valence-corrected chi connectivity index (χ0v) is 14.6. The summed E-state index contributed by atoms with van der Waals surface area (Å²) in [5.41, 5.74) is 1.30. The van der Waals surface area contributed by atoms with E-state index in [0.29, 0.717) is 0 Å². The van der Waals surface area contributed by atoms with E-state index in [9.17, 15) is 9.59 Å². The Hall–Kier alpha value is -2.35. The van der Waals surface area contributed by atoms with Crippen molar-refractivity contribution in [3.63, 3.8) is 0 Å². The maximum Gasteiger partial charge on any atom is 0.306 e. The van der Waals surface area contributed by atoms with Crippen LogP contribution in [0, 0.1) is 0 Å². The Morgan fingerprint density at radius 3 is 2.68 bits per heavy atom. The number of carbonyl (C=O) groups excluding carboxylic acids is 2. The van der Waals surface area contributed by atoms with Crippen molar-refractivity contribution < 1.29 is 33.7 Å². The van der Waals surface area contributed by atoms with E-state index in [2.05, 4.69) is 28.8 Å². The van der Waals surface area contributed by atoms with Crippen molar-refractivity contribution in [3.05, 3.63) is 24.0 Å². The molecule has 8 heteroatoms. The molecule has 1 N–H and O–H groups in total. The molecule has 0 aromatic rings. The number of esters is 2. The number of rotatable bonds is 6. The summed E-state index contributed by atoms with van der Waals surface area (Å²) in [5.74, 6) is -0.806. The molecular weight excluding hydrogens is 330 g/mol. The van der Waals surface area contributed by atoms with Gasteiger partial charge in [-0.2, -0.15) is 0 Å². The van der Waals surface area contributed by atoms with Crippen LogP contribution in [0.25, 0.3) is 0 Å². The summed E-state index contributed by atoms with van der Waals surface area (Å²) >= 11 is 0. The topological polar surface area (TPSA) is 102 Å². The number of nitrogens with zero attached hydrogens (tertiary/aromatic N) is 1. The first kappa shape index (κ1) is 20.7. The third-order valence-corrected chi connectivity index (χ3v) is 3.70. The Morgan fingerprint density at radius 2 is 2.04 bits per heavy atom. The lowest BCUT2D eigenvalue weighted by Crippen LogP contribution is -2.29. The SMILES string of the molecule is COC(=O)CCC(=O)OCC1CCC(N2C=CCC(C)=C2)O1.O=CO. The van der Waals surface area contributed by atoms with Gasteiger partial charge in [0.2, 0.25) is 0 Å². The van der Waals surface area contributed by atoms with Gasteiger partial charge in [0.1, 0.15) is 12.8 Å². The number of allylic oxidation sites excluding steroid dienone is 2. The Morgan fingerprint density at radius 1 is 1.36 bits per heavy atom. The third-order valence-electron chi connectivity index (χ3n) is 3.70. The highest BCUT2D eigenvalue weighted by Gasteiger charge is 2.29. The molecule has 140 valence electrons. The van der Waals surface area contributed by atoms with Crippen LogP contribution in [0.3, 0.4) is 0 Å². The monoisotopic (exact) mass is 355 g/mol. The quantitative estimate of drug-likeness (QED) is 0.568. The van der Waals surface area contributed by atoms with Crippen LogP contribution in [-0.2, 0) is 28.6 Å². The van der Waals surface area contributed by atoms with Crippen LogP contribution >= 0.6 is 0 Å². The molecule has 0 spiro atoms. The van der Waals surface area contributed by atoms with Crippen molar-refractivity contribution in [2.45, 2.75) is 51.4 Å². The van der Waals surface area contributed by atoms with Crippen LogP contribution in [0.1, 0.15) is 39.0 Å². The lowest BCUT2D eigenvalue weighted by Gasteiger charge is -2.26. The van der Waals surface area contributed by atoms with Crippen molar-refractivity contribution in [1.82, 2.24) is 4.90 Å². The molecule has 0 bridgehead atoms. The van der Waals surface area contributed by atoms with Gasteiger partial charge in [0.15, 0.2) is 0 Å². The van der Waals surface area contributed by atoms with Gasteiger partial charge in [0.05, 0.1) is 26.1 Å². The number of carbonyl (C=O) groups is 3. The van der Waals surface area contributed by atoms with E-state index in [1.165, 1.54) is 12.7 Å². The molecule has 0 radical (unpaired) electrons. The van der Waals surface area contributed by atoms with Crippen molar-refractivity contribution in [3.8, 4) is 0 Å². The summed E-state index contributed by atoms with van der Waals surface area (Å²) in [6, 6.07) is 0. The highest BCUT2D eigenvalue weighted by molar-refractivity contribution is 5.77. The number of hydrogen-bond acceptors (Lipinski definition) is 7. The number of carboxylic acid groups (broad SMARTS) is 1. The average molecular weight is 355 g/mol. The first-order chi connectivity index (χ1) is 12.0. The van der Waals surface area contributed by atoms with Crippen LogP contribution in [0.2, 0.25) is 0 Å². The van der Waals surface area contributed by atoms with E-state index in [1.54, 1.807) is 0 Å². The van der Waals surface area contributed by atoms with Gasteiger partial charge in [-0.15, -0.1) is 0 Å². The highest BCUT2D eigenvalue weighted by Crippen LogP contribution is 2.26. The van der Waals surface area contributed by atoms with E-state index < -0.39 is 11.9 Å². The fraction of sp³-hybridized carbons (Fsp3) is 0.588. The first-order valence-electron chi connectivity index (χ1n) is 8.07. The van der Waals surface area contributed by atoms with Crippen molar-refractivity contribution in [1.29, 1.82) is 0 Å². The van der Waals surface area contributed by atoms with Gasteiger partial charge < -0.3 is 24.2 Å². The third kappa shape index (κ3) is 7.84. The molecule has 25 heavy (non-hydrogen) atoms. The van der Waals surface area contributed by atoms with Crippen molar-refractivity contribution >= 4 is 18.4 Å². The van der Waals surface area contributed by atoms with Gasteiger partial charge in [-0.05, 0) is 26.2 Å². The molecule has 2 unspecified atom stereocenters. The normalized spacial score (nSPS) is 21.7. The second-order valence-corrected chi connectivity index (χ2v) is 5.67. The Balaban J connectivity index is 0.000000970. The van der Waals surface area contributed by atoms with E-state index in [1.807, 2.05) is 6.20 Å². The minimum atomic E-state index is -0.409. The molecule has 0 aromatic heterocycles. The summed E-state index contributed by atoms with van der Waals surface area (Å²) in [4.78, 5) is 32.9. The molecule has 2 rings (SSSR count). The Labute approximate surface area is 147 Å². The van der Waals surface area contributed by atoms with E-state index in [4.69, 9.17) is 19.4 Å². The number of methoxy groups -OCH3 is 1. The Kier molecular flexibility index (Phi) is 9.31. The molecule has 1 saturated heterocycles. The van der Waals surface area contributed by atoms with Gasteiger partial charge in [-0.3, -0.25) is 14.4 Å². The molecule has 2 aliphatic heterocycles. The van der Waals surface area contributed by atoms with Gasteiger partial charge in [0, 0.05) is 12.4 Å². The highest BCUT2D eigenvalue weighted by atomic mass is 16.6. The first-order valence-corrected chi connectivity index (χ1v) is 8.07. The number of hydrogen-bond donors (Lipinski definition) is 1. The lowest BCUT2D eigenvalue weighted by molar-refractivity contribution is -0.152. The van der Waals surface area contributed by atoms with Crippen molar-refractivity contribution in [2.24, 2.45) is 0 Å². The summed E-state index contributed by atoms with van der Waals surface area (Å²) in [5, 5.41) is 6.89. The fourth-order valence-corrected chi connectivity index (χ4v) is 2.48. The van der Waals surface area contributed by atoms with Gasteiger partial charge in [-0.1, -0.05) is 11.6 Å². The second-order valence-electron chi connectivity index (χ2n) is 5.67. The molecular formula is C17H25NO7. The average Bonchev–Trinajstić information content (AvgIpc) is 3.07. The van der Waals surface area contributed by atoms with Gasteiger partial charge in [0.25, 0.3) is 6.47 Å². The van der Waals surface area contributed by atoms with E-state index in [0.717, 1.165) is 19.3 Å². The van der Waals surface area contributed by atoms with E-state index in [-0.39, 0.29) is 38.3 Å². The number of ether oxygens (including phenoxy) is 3. The van der Waals surface area contributed by atoms with Crippen LogP contribution < -0.4 is 0 Å². The molecule has 0 amide bonds. The lowest BCUT2D eigenvalue weighted by atomic mass is 10.2. The second kappa shape index (κ2) is 11.2. The summed E-state index contributed by atoms with van der Waals surface area (Å²) in [6.45, 7) is 2.07. The molecule has 2 aliphatic rings. The molecule has 0 aromatic carbocycles. The minimum absolute atomic E-state index is 0.00488. The molecule has 0 saturated carbocycles. The maximum absolute atomic E-state index is 11.5. The van der Waals surface area contributed by atoms with E-state index >= 15 is 0 Å². The predicted octanol–water partition coefficient (Wildman–Crippen LogP) is 1.81. The van der Waals surface area contributed by atoms with Crippen LogP contribution in [0.5, 0.6) is 0 Å². The standard InChI is InChI=1S/C16H23NO5.CH2O2/c1-12-4-3-9-17(10-12)14-6-5-13(22-14)11-21-16(19)8-7-15(18)20-2;2-1-3/h3,9-10,13-14H,4-8,11H2,1-2H3;1H,(H,2,3). The van der Waals surface area contributed by atoms with Crippen LogP contribution in [0.15, 0.2) is 24.0 Å². The molecule has 2 atom stereocenters.